The van der Waals surface area contributed by atoms with Crippen molar-refractivity contribution in [3.63, 3.8) is 0 Å². The lowest BCUT2D eigenvalue weighted by Crippen LogP contribution is -2.34. The maximum Gasteiger partial charge on any atom is 0.235 e. The van der Waals surface area contributed by atoms with Crippen molar-refractivity contribution in [3.8, 4) is 0 Å². The number of pyridine rings is 1. The predicted octanol–water partition coefficient (Wildman–Crippen LogP) is 3.95. The number of benzene rings is 1. The number of aryl methyl sites for hydroxylation is 2. The Bertz CT molecular complexity index is 708. The van der Waals surface area contributed by atoms with Crippen LogP contribution in [0.25, 0.3) is 10.9 Å². The molecule has 1 aliphatic heterocycles. The number of carbonyl (C=O) groups excluding carboxylic acids is 1. The third-order valence-corrected chi connectivity index (χ3v) is 5.29. The van der Waals surface area contributed by atoms with Crippen LogP contribution in [0, 0.1) is 13.8 Å². The molecule has 0 bridgehead atoms. The monoisotopic (exact) mass is 314 g/mol. The average Bonchev–Trinajstić information content (AvgIpc) is 3.02. The second kappa shape index (κ2) is 6.29. The van der Waals surface area contributed by atoms with E-state index in [1.54, 1.807) is 11.8 Å². The van der Waals surface area contributed by atoms with Gasteiger partial charge < -0.3 is 4.90 Å². The van der Waals surface area contributed by atoms with Crippen LogP contribution in [-0.4, -0.2) is 34.1 Å². The van der Waals surface area contributed by atoms with E-state index in [1.807, 2.05) is 11.8 Å². The van der Waals surface area contributed by atoms with Gasteiger partial charge in [-0.15, -0.1) is 0 Å². The number of hydrogen-bond acceptors (Lipinski definition) is 3. The molecule has 116 valence electrons. The highest BCUT2D eigenvalue weighted by atomic mass is 32.2. The number of nitrogens with zero attached hydrogens (tertiary/aromatic N) is 2. The van der Waals surface area contributed by atoms with Gasteiger partial charge in [0.1, 0.15) is 0 Å². The first-order chi connectivity index (χ1) is 10.6. The molecule has 22 heavy (non-hydrogen) atoms. The highest BCUT2D eigenvalue weighted by molar-refractivity contribution is 8.00. The standard InChI is InChI=1S/C18H22N2OS/c1-12-7-6-8-15-13(2)11-16(19-17(12)15)22-14(3)18(21)20-9-4-5-10-20/h6-8,11,14H,4-5,9-10H2,1-3H3/t14-/m0/s1. The second-order valence-electron chi connectivity index (χ2n) is 6.04. The Morgan fingerprint density at radius 1 is 1.23 bits per heavy atom. The van der Waals surface area contributed by atoms with Gasteiger partial charge in [0.15, 0.2) is 0 Å². The molecule has 0 aliphatic carbocycles. The smallest absolute Gasteiger partial charge is 0.235 e. The van der Waals surface area contributed by atoms with Gasteiger partial charge in [-0.2, -0.15) is 0 Å². The SMILES string of the molecule is Cc1cc(S[C@@H](C)C(=O)N2CCCC2)nc2c(C)cccc12. The van der Waals surface area contributed by atoms with Crippen LogP contribution in [0.5, 0.6) is 0 Å². The molecule has 4 heteroatoms. The van der Waals surface area contributed by atoms with Crippen molar-refractivity contribution < 1.29 is 4.79 Å². The van der Waals surface area contributed by atoms with Crippen LogP contribution in [0.2, 0.25) is 0 Å². The van der Waals surface area contributed by atoms with Crippen molar-refractivity contribution >= 4 is 28.6 Å². The first-order valence-corrected chi connectivity index (χ1v) is 8.76. The van der Waals surface area contributed by atoms with Crippen molar-refractivity contribution in [3.05, 3.63) is 35.4 Å². The topological polar surface area (TPSA) is 33.2 Å². The third kappa shape index (κ3) is 2.98. The molecule has 1 aromatic heterocycles. The van der Waals surface area contributed by atoms with Crippen molar-refractivity contribution in [1.82, 2.24) is 9.88 Å². The molecular weight excluding hydrogens is 292 g/mol. The summed E-state index contributed by atoms with van der Waals surface area (Å²) in [6.45, 7) is 8.01. The third-order valence-electron chi connectivity index (χ3n) is 4.29. The van der Waals surface area contributed by atoms with Crippen LogP contribution in [0.3, 0.4) is 0 Å². The van der Waals surface area contributed by atoms with E-state index in [1.165, 1.54) is 16.5 Å². The molecule has 0 unspecified atom stereocenters. The predicted molar refractivity (Wildman–Crippen MR) is 92.4 cm³/mol. The van der Waals surface area contributed by atoms with E-state index in [-0.39, 0.29) is 11.2 Å². The molecule has 1 aromatic carbocycles. The normalized spacial score (nSPS) is 16.2. The van der Waals surface area contributed by atoms with Gasteiger partial charge in [-0.1, -0.05) is 30.0 Å². The zero-order valence-electron chi connectivity index (χ0n) is 13.4. The molecule has 0 spiro atoms. The molecule has 2 aromatic rings. The van der Waals surface area contributed by atoms with Crippen molar-refractivity contribution in [2.24, 2.45) is 0 Å². The molecular formula is C18H22N2OS. The first-order valence-electron chi connectivity index (χ1n) is 7.88. The number of hydrogen-bond donors (Lipinski definition) is 0. The van der Waals surface area contributed by atoms with Crippen molar-refractivity contribution in [1.29, 1.82) is 0 Å². The summed E-state index contributed by atoms with van der Waals surface area (Å²) in [5, 5.41) is 2.06. The minimum Gasteiger partial charge on any atom is -0.342 e. The van der Waals surface area contributed by atoms with Gasteiger partial charge in [0.2, 0.25) is 5.91 Å². The van der Waals surface area contributed by atoms with Gasteiger partial charge in [-0.05, 0) is 50.8 Å². The van der Waals surface area contributed by atoms with Crippen molar-refractivity contribution in [2.75, 3.05) is 13.1 Å². The summed E-state index contributed by atoms with van der Waals surface area (Å²) in [6.07, 6.45) is 2.27. The maximum absolute atomic E-state index is 12.4. The Balaban J connectivity index is 1.84. The van der Waals surface area contributed by atoms with E-state index in [0.717, 1.165) is 36.5 Å². The summed E-state index contributed by atoms with van der Waals surface area (Å²) in [4.78, 5) is 19.2. The molecule has 1 saturated heterocycles. The van der Waals surface area contributed by atoms with Crippen molar-refractivity contribution in [2.45, 2.75) is 43.9 Å². The summed E-state index contributed by atoms with van der Waals surface area (Å²) in [7, 11) is 0. The van der Waals surface area contributed by atoms with Gasteiger partial charge >= 0.3 is 0 Å². The van der Waals surface area contributed by atoms with Gasteiger partial charge in [0, 0.05) is 18.5 Å². The lowest BCUT2D eigenvalue weighted by Gasteiger charge is -2.20. The summed E-state index contributed by atoms with van der Waals surface area (Å²) < 4.78 is 0. The van der Waals surface area contributed by atoms with Crippen LogP contribution < -0.4 is 0 Å². The molecule has 0 saturated carbocycles. The van der Waals surface area contributed by atoms with Crippen LogP contribution in [0.15, 0.2) is 29.3 Å². The minimum absolute atomic E-state index is 0.0773. The van der Waals surface area contributed by atoms with E-state index in [9.17, 15) is 4.79 Å². The maximum atomic E-state index is 12.4. The number of aromatic nitrogens is 1. The number of para-hydroxylation sites is 1. The highest BCUT2D eigenvalue weighted by Gasteiger charge is 2.24. The number of thioether (sulfide) groups is 1. The van der Waals surface area contributed by atoms with Crippen LogP contribution in [0.1, 0.15) is 30.9 Å². The molecule has 1 aliphatic rings. The largest absolute Gasteiger partial charge is 0.342 e. The Morgan fingerprint density at radius 3 is 2.68 bits per heavy atom. The number of fused-ring (bicyclic) bond motifs is 1. The Morgan fingerprint density at radius 2 is 1.95 bits per heavy atom. The molecule has 1 fully saturated rings. The van der Waals surface area contributed by atoms with Crippen LogP contribution in [0.4, 0.5) is 0 Å². The second-order valence-corrected chi connectivity index (χ2v) is 7.40. The molecule has 2 heterocycles. The van der Waals surface area contributed by atoms with E-state index < -0.39 is 0 Å². The zero-order valence-corrected chi connectivity index (χ0v) is 14.2. The van der Waals surface area contributed by atoms with Crippen LogP contribution >= 0.6 is 11.8 Å². The van der Waals surface area contributed by atoms with Gasteiger partial charge in [-0.25, -0.2) is 4.98 Å². The van der Waals surface area contributed by atoms with Gasteiger partial charge in [0.25, 0.3) is 0 Å². The van der Waals surface area contributed by atoms with E-state index in [0.29, 0.717) is 0 Å². The van der Waals surface area contributed by atoms with E-state index >= 15 is 0 Å². The molecule has 1 atom stereocenters. The molecule has 3 nitrogen and oxygen atoms in total. The number of carbonyl (C=O) groups is 1. The van der Waals surface area contributed by atoms with Gasteiger partial charge in [-0.3, -0.25) is 4.79 Å². The first kappa shape index (κ1) is 15.3. The summed E-state index contributed by atoms with van der Waals surface area (Å²) >= 11 is 1.57. The Labute approximate surface area is 136 Å². The quantitative estimate of drug-likeness (QED) is 0.804. The van der Waals surface area contributed by atoms with Crippen LogP contribution in [-0.2, 0) is 4.79 Å². The molecule has 1 amide bonds. The fourth-order valence-electron chi connectivity index (χ4n) is 3.02. The summed E-state index contributed by atoms with van der Waals surface area (Å²) in [5.74, 6) is 0.242. The minimum atomic E-state index is -0.0773. The number of rotatable bonds is 3. The Hall–Kier alpha value is -1.55. The molecule has 0 radical (unpaired) electrons. The molecule has 3 rings (SSSR count). The summed E-state index contributed by atoms with van der Waals surface area (Å²) in [6, 6.07) is 8.36. The number of likely N-dealkylation sites (tertiary alicyclic amines) is 1. The fraction of sp³-hybridized carbons (Fsp3) is 0.444. The fourth-order valence-corrected chi connectivity index (χ4v) is 4.02. The molecule has 0 N–H and O–H groups in total. The lowest BCUT2D eigenvalue weighted by molar-refractivity contribution is -0.129. The Kier molecular flexibility index (Phi) is 4.39. The lowest BCUT2D eigenvalue weighted by atomic mass is 10.1. The van der Waals surface area contributed by atoms with E-state index in [2.05, 4.69) is 38.1 Å². The van der Waals surface area contributed by atoms with Gasteiger partial charge in [0.05, 0.1) is 15.8 Å². The van der Waals surface area contributed by atoms with E-state index in [4.69, 9.17) is 4.98 Å². The number of amides is 1. The average molecular weight is 314 g/mol. The zero-order chi connectivity index (χ0) is 15.7. The highest BCUT2D eigenvalue weighted by Crippen LogP contribution is 2.29. The summed E-state index contributed by atoms with van der Waals surface area (Å²) in [5.41, 5.74) is 3.45.